The lowest BCUT2D eigenvalue weighted by Crippen LogP contribution is -2.40. The third-order valence-electron chi connectivity index (χ3n) is 7.23. The van der Waals surface area contributed by atoms with E-state index in [-0.39, 0.29) is 5.54 Å². The molecule has 2 saturated heterocycles. The van der Waals surface area contributed by atoms with Crippen molar-refractivity contribution in [1.82, 2.24) is 4.90 Å². The molecule has 2 aliphatic heterocycles. The van der Waals surface area contributed by atoms with Crippen molar-refractivity contribution in [2.24, 2.45) is 0 Å². The van der Waals surface area contributed by atoms with Crippen LogP contribution in [0.15, 0.2) is 0 Å². The van der Waals surface area contributed by atoms with Gasteiger partial charge >= 0.3 is 0 Å². The van der Waals surface area contributed by atoms with Gasteiger partial charge in [-0.3, -0.25) is 4.90 Å². The fourth-order valence-electron chi connectivity index (χ4n) is 5.43. The molecule has 0 saturated carbocycles. The third-order valence-corrected chi connectivity index (χ3v) is 7.23. The fraction of sp³-hybridized carbons (Fsp3) is 0.960. The van der Waals surface area contributed by atoms with E-state index in [1.807, 2.05) is 0 Å². The summed E-state index contributed by atoms with van der Waals surface area (Å²) in [6.07, 6.45) is 27.7. The van der Waals surface area contributed by atoms with Crippen LogP contribution in [0.3, 0.4) is 0 Å². The van der Waals surface area contributed by atoms with Gasteiger partial charge in [0.05, 0.1) is 6.07 Å². The molecule has 2 heterocycles. The average molecular weight is 375 g/mol. The molecule has 2 rings (SSSR count). The van der Waals surface area contributed by atoms with E-state index in [1.54, 1.807) is 0 Å². The molecular formula is C25H46N2. The number of unbranched alkanes of at least 4 members (excludes halogenated alkanes) is 15. The van der Waals surface area contributed by atoms with Gasteiger partial charge in [0.1, 0.15) is 5.54 Å². The molecule has 0 aromatic carbocycles. The van der Waals surface area contributed by atoms with Gasteiger partial charge in [-0.2, -0.15) is 5.26 Å². The van der Waals surface area contributed by atoms with Crippen LogP contribution in [0, 0.1) is 11.3 Å². The Labute approximate surface area is 170 Å². The average Bonchev–Trinajstić information content (AvgIpc) is 3.22. The van der Waals surface area contributed by atoms with Gasteiger partial charge in [0.2, 0.25) is 0 Å². The van der Waals surface area contributed by atoms with Crippen molar-refractivity contribution in [1.29, 1.82) is 5.26 Å². The van der Waals surface area contributed by atoms with E-state index in [1.165, 1.54) is 122 Å². The summed E-state index contributed by atoms with van der Waals surface area (Å²) < 4.78 is 0. The minimum absolute atomic E-state index is 0.0554. The van der Waals surface area contributed by atoms with Gasteiger partial charge in [0, 0.05) is 6.04 Å². The highest BCUT2D eigenvalue weighted by atomic mass is 15.3. The highest BCUT2D eigenvalue weighted by molar-refractivity contribution is 5.18. The molecule has 156 valence electrons. The lowest BCUT2D eigenvalue weighted by Gasteiger charge is -2.28. The molecule has 0 atom stereocenters. The molecule has 0 unspecified atom stereocenters. The zero-order valence-electron chi connectivity index (χ0n) is 18.3. The van der Waals surface area contributed by atoms with Crippen LogP contribution >= 0.6 is 0 Å². The van der Waals surface area contributed by atoms with E-state index < -0.39 is 0 Å². The van der Waals surface area contributed by atoms with Gasteiger partial charge in [-0.25, -0.2) is 0 Å². The SMILES string of the molecule is CCCCCCCCCCCCCCCCCCN1C2CCC1(C#N)CC2. The van der Waals surface area contributed by atoms with E-state index in [9.17, 15) is 5.26 Å². The molecule has 2 nitrogen and oxygen atoms in total. The second-order valence-corrected chi connectivity index (χ2v) is 9.37. The lowest BCUT2D eigenvalue weighted by molar-refractivity contribution is 0.198. The lowest BCUT2D eigenvalue weighted by atomic mass is 9.89. The molecule has 0 amide bonds. The number of fused-ring (bicyclic) bond motifs is 2. The third kappa shape index (κ3) is 7.77. The summed E-state index contributed by atoms with van der Waals surface area (Å²) in [5.41, 5.74) is -0.0554. The molecule has 0 aromatic rings. The molecule has 2 heteroatoms. The summed E-state index contributed by atoms with van der Waals surface area (Å²) >= 11 is 0. The first-order valence-electron chi connectivity index (χ1n) is 12.5. The molecule has 2 bridgehead atoms. The summed E-state index contributed by atoms with van der Waals surface area (Å²) in [7, 11) is 0. The van der Waals surface area contributed by atoms with Gasteiger partial charge in [-0.05, 0) is 38.6 Å². The standard InChI is InChI=1S/C25H46N2/c1-2-3-4-5-6-7-8-9-10-11-12-13-14-15-16-17-22-27-24-18-20-25(27,23-26)21-19-24/h24H,2-22H2,1H3. The fourth-order valence-corrected chi connectivity index (χ4v) is 5.43. The Hall–Kier alpha value is -0.550. The van der Waals surface area contributed by atoms with Crippen LogP contribution in [0.1, 0.15) is 135 Å². The summed E-state index contributed by atoms with van der Waals surface area (Å²) in [6, 6.07) is 3.39. The first-order valence-corrected chi connectivity index (χ1v) is 12.5. The second kappa shape index (κ2) is 13.6. The Morgan fingerprint density at radius 3 is 1.52 bits per heavy atom. The van der Waals surface area contributed by atoms with Crippen LogP contribution in [0.25, 0.3) is 0 Å². The van der Waals surface area contributed by atoms with Crippen molar-refractivity contribution in [3.8, 4) is 6.07 Å². The predicted octanol–water partition coefficient (Wildman–Crippen LogP) is 7.77. The summed E-state index contributed by atoms with van der Waals surface area (Å²) in [6.45, 7) is 3.47. The Bertz CT molecular complexity index is 403. The molecule has 0 radical (unpaired) electrons. The van der Waals surface area contributed by atoms with Crippen molar-refractivity contribution in [2.45, 2.75) is 147 Å². The number of hydrogen-bond donors (Lipinski definition) is 0. The van der Waals surface area contributed by atoms with Gasteiger partial charge in [0.25, 0.3) is 0 Å². The van der Waals surface area contributed by atoms with Crippen LogP contribution in [0.4, 0.5) is 0 Å². The summed E-state index contributed by atoms with van der Waals surface area (Å²) in [4.78, 5) is 2.57. The van der Waals surface area contributed by atoms with E-state index >= 15 is 0 Å². The molecule has 0 aliphatic carbocycles. The molecule has 2 fully saturated rings. The van der Waals surface area contributed by atoms with Gasteiger partial charge in [0.15, 0.2) is 0 Å². The normalized spacial score (nSPS) is 24.5. The van der Waals surface area contributed by atoms with E-state index in [4.69, 9.17) is 0 Å². The highest BCUT2D eigenvalue weighted by Crippen LogP contribution is 2.45. The monoisotopic (exact) mass is 374 g/mol. The largest absolute Gasteiger partial charge is 0.283 e. The number of rotatable bonds is 17. The topological polar surface area (TPSA) is 27.0 Å². The molecule has 0 N–H and O–H groups in total. The van der Waals surface area contributed by atoms with Gasteiger partial charge in [-0.15, -0.1) is 0 Å². The number of nitriles is 1. The smallest absolute Gasteiger partial charge is 0.109 e. The van der Waals surface area contributed by atoms with E-state index in [0.29, 0.717) is 0 Å². The minimum Gasteiger partial charge on any atom is -0.283 e. The molecule has 2 aliphatic rings. The first kappa shape index (κ1) is 22.7. The van der Waals surface area contributed by atoms with Crippen LogP contribution < -0.4 is 0 Å². The maximum atomic E-state index is 9.56. The molecular weight excluding hydrogens is 328 g/mol. The first-order chi connectivity index (χ1) is 13.3. The van der Waals surface area contributed by atoms with Crippen LogP contribution in [0.2, 0.25) is 0 Å². The Balaban J connectivity index is 1.31. The Morgan fingerprint density at radius 1 is 0.704 bits per heavy atom. The van der Waals surface area contributed by atoms with Crippen molar-refractivity contribution in [3.05, 3.63) is 0 Å². The van der Waals surface area contributed by atoms with E-state index in [2.05, 4.69) is 17.9 Å². The number of nitrogens with zero attached hydrogens (tertiary/aromatic N) is 2. The zero-order valence-corrected chi connectivity index (χ0v) is 18.3. The molecule has 0 spiro atoms. The minimum atomic E-state index is -0.0554. The van der Waals surface area contributed by atoms with Crippen molar-refractivity contribution in [2.75, 3.05) is 6.54 Å². The molecule has 27 heavy (non-hydrogen) atoms. The van der Waals surface area contributed by atoms with Gasteiger partial charge < -0.3 is 0 Å². The van der Waals surface area contributed by atoms with Crippen LogP contribution in [-0.2, 0) is 0 Å². The second-order valence-electron chi connectivity index (χ2n) is 9.37. The maximum absolute atomic E-state index is 9.56. The maximum Gasteiger partial charge on any atom is 0.109 e. The van der Waals surface area contributed by atoms with Crippen molar-refractivity contribution < 1.29 is 0 Å². The highest BCUT2D eigenvalue weighted by Gasteiger charge is 2.51. The Kier molecular flexibility index (Phi) is 11.5. The van der Waals surface area contributed by atoms with E-state index in [0.717, 1.165) is 18.9 Å². The van der Waals surface area contributed by atoms with Crippen LogP contribution in [-0.4, -0.2) is 23.0 Å². The van der Waals surface area contributed by atoms with Crippen molar-refractivity contribution >= 4 is 0 Å². The molecule has 0 aromatic heterocycles. The zero-order chi connectivity index (χ0) is 19.2. The Morgan fingerprint density at radius 2 is 1.11 bits per heavy atom. The summed E-state index contributed by atoms with van der Waals surface area (Å²) in [5, 5.41) is 9.56. The summed E-state index contributed by atoms with van der Waals surface area (Å²) in [5.74, 6) is 0. The predicted molar refractivity (Wildman–Crippen MR) is 117 cm³/mol. The van der Waals surface area contributed by atoms with Gasteiger partial charge in [-0.1, -0.05) is 103 Å². The van der Waals surface area contributed by atoms with Crippen molar-refractivity contribution in [3.63, 3.8) is 0 Å². The quantitative estimate of drug-likeness (QED) is 0.243. The number of hydrogen-bond acceptors (Lipinski definition) is 2. The van der Waals surface area contributed by atoms with Crippen LogP contribution in [0.5, 0.6) is 0 Å².